The average Bonchev–Trinajstić information content (AvgIpc) is 2.53. The molecule has 0 amide bonds. The Hall–Kier alpha value is -2.93. The highest BCUT2D eigenvalue weighted by atomic mass is 19.1. The molecule has 0 unspecified atom stereocenters. The van der Waals surface area contributed by atoms with Crippen LogP contribution in [-0.2, 0) is 0 Å². The number of halogens is 1. The van der Waals surface area contributed by atoms with Gasteiger partial charge < -0.3 is 5.11 Å². The second kappa shape index (κ2) is 6.68. The van der Waals surface area contributed by atoms with Crippen LogP contribution < -0.4 is 0 Å². The van der Waals surface area contributed by atoms with Crippen LogP contribution in [0.3, 0.4) is 0 Å². The first-order chi connectivity index (χ1) is 10.6. The number of nitriles is 1. The van der Waals surface area contributed by atoms with Crippen LogP contribution in [0, 0.1) is 17.1 Å². The van der Waals surface area contributed by atoms with Gasteiger partial charge >= 0.3 is 5.97 Å². The summed E-state index contributed by atoms with van der Waals surface area (Å²) in [5.41, 5.74) is 0.987. The highest BCUT2D eigenvalue weighted by Gasteiger charge is 2.19. The Kier molecular flexibility index (Phi) is 4.70. The maximum atomic E-state index is 14.4. The first kappa shape index (κ1) is 15.5. The van der Waals surface area contributed by atoms with Gasteiger partial charge in [-0.05, 0) is 29.7 Å². The number of carboxylic acid groups (broad SMARTS) is 1. The van der Waals surface area contributed by atoms with Gasteiger partial charge in [-0.15, -0.1) is 0 Å². The van der Waals surface area contributed by atoms with Gasteiger partial charge in [0.25, 0.3) is 0 Å². The molecule has 0 radical (unpaired) electrons. The SMILES string of the molecule is CCC=Cc1ccc(-c2c(C(=O)O)ccc(C#N)c2F)cc1. The molecule has 0 fully saturated rings. The van der Waals surface area contributed by atoms with E-state index in [0.29, 0.717) is 5.56 Å². The number of hydrogen-bond donors (Lipinski definition) is 1. The second-order valence-corrected chi connectivity index (χ2v) is 4.70. The molecule has 2 aromatic carbocycles. The van der Waals surface area contributed by atoms with E-state index >= 15 is 0 Å². The molecule has 0 spiro atoms. The number of benzene rings is 2. The minimum atomic E-state index is -1.23. The van der Waals surface area contributed by atoms with E-state index in [1.54, 1.807) is 30.3 Å². The number of carbonyl (C=O) groups is 1. The highest BCUT2D eigenvalue weighted by molar-refractivity contribution is 5.96. The van der Waals surface area contributed by atoms with Crippen molar-refractivity contribution >= 4 is 12.0 Å². The molecule has 4 heteroatoms. The molecular weight excluding hydrogens is 281 g/mol. The van der Waals surface area contributed by atoms with Crippen molar-refractivity contribution in [2.75, 3.05) is 0 Å². The summed E-state index contributed by atoms with van der Waals surface area (Å²) in [6.45, 7) is 2.02. The highest BCUT2D eigenvalue weighted by Crippen LogP contribution is 2.29. The third kappa shape index (κ3) is 3.04. The van der Waals surface area contributed by atoms with Crippen molar-refractivity contribution in [1.82, 2.24) is 0 Å². The van der Waals surface area contributed by atoms with Crippen LogP contribution in [0.1, 0.15) is 34.8 Å². The molecule has 2 aromatic rings. The summed E-state index contributed by atoms with van der Waals surface area (Å²) in [5.74, 6) is -2.03. The van der Waals surface area contributed by atoms with Gasteiger partial charge in [-0.2, -0.15) is 5.26 Å². The van der Waals surface area contributed by atoms with Crippen molar-refractivity contribution in [2.24, 2.45) is 0 Å². The standard InChI is InChI=1S/C18H14FNO2/c1-2-3-4-12-5-7-13(8-6-12)16-15(18(21)22)10-9-14(11-20)17(16)19/h3-10H,2H2,1H3,(H,21,22). The molecule has 0 atom stereocenters. The van der Waals surface area contributed by atoms with Gasteiger partial charge in [0, 0.05) is 5.56 Å². The average molecular weight is 295 g/mol. The van der Waals surface area contributed by atoms with Gasteiger partial charge in [0.2, 0.25) is 0 Å². The smallest absolute Gasteiger partial charge is 0.336 e. The van der Waals surface area contributed by atoms with Crippen LogP contribution in [0.15, 0.2) is 42.5 Å². The van der Waals surface area contributed by atoms with Crippen molar-refractivity contribution < 1.29 is 14.3 Å². The van der Waals surface area contributed by atoms with Crippen LogP contribution >= 0.6 is 0 Å². The van der Waals surface area contributed by atoms with E-state index in [9.17, 15) is 14.3 Å². The third-order valence-corrected chi connectivity index (χ3v) is 3.24. The fourth-order valence-corrected chi connectivity index (χ4v) is 2.14. The maximum absolute atomic E-state index is 14.4. The predicted molar refractivity (Wildman–Crippen MR) is 82.8 cm³/mol. The molecule has 110 valence electrons. The van der Waals surface area contributed by atoms with Crippen molar-refractivity contribution in [3.8, 4) is 17.2 Å². The van der Waals surface area contributed by atoms with Gasteiger partial charge in [-0.1, -0.05) is 43.3 Å². The summed E-state index contributed by atoms with van der Waals surface area (Å²) >= 11 is 0. The number of hydrogen-bond acceptors (Lipinski definition) is 2. The summed E-state index contributed by atoms with van der Waals surface area (Å²) in [7, 11) is 0. The fourth-order valence-electron chi connectivity index (χ4n) is 2.14. The maximum Gasteiger partial charge on any atom is 0.336 e. The number of allylic oxidation sites excluding steroid dienone is 1. The summed E-state index contributed by atoms with van der Waals surface area (Å²) in [5, 5.41) is 18.1. The van der Waals surface area contributed by atoms with Crippen molar-refractivity contribution in [1.29, 1.82) is 5.26 Å². The lowest BCUT2D eigenvalue weighted by atomic mass is 9.95. The van der Waals surface area contributed by atoms with Crippen LogP contribution in [0.4, 0.5) is 4.39 Å². The third-order valence-electron chi connectivity index (χ3n) is 3.24. The molecule has 1 N–H and O–H groups in total. The zero-order valence-corrected chi connectivity index (χ0v) is 12.0. The minimum Gasteiger partial charge on any atom is -0.478 e. The van der Waals surface area contributed by atoms with E-state index in [-0.39, 0.29) is 16.7 Å². The second-order valence-electron chi connectivity index (χ2n) is 4.70. The largest absolute Gasteiger partial charge is 0.478 e. The molecule has 0 saturated heterocycles. The molecule has 0 aliphatic heterocycles. The zero-order chi connectivity index (χ0) is 16.1. The van der Waals surface area contributed by atoms with E-state index < -0.39 is 11.8 Å². The van der Waals surface area contributed by atoms with E-state index in [0.717, 1.165) is 12.0 Å². The molecule has 0 aliphatic carbocycles. The van der Waals surface area contributed by atoms with Crippen molar-refractivity contribution in [3.63, 3.8) is 0 Å². The lowest BCUT2D eigenvalue weighted by Crippen LogP contribution is -2.03. The van der Waals surface area contributed by atoms with Gasteiger partial charge in [0.1, 0.15) is 11.9 Å². The molecule has 0 aromatic heterocycles. The molecule has 22 heavy (non-hydrogen) atoms. The van der Waals surface area contributed by atoms with Gasteiger partial charge in [-0.25, -0.2) is 9.18 Å². The molecule has 3 nitrogen and oxygen atoms in total. The summed E-state index contributed by atoms with van der Waals surface area (Å²) in [6, 6.07) is 11.0. The summed E-state index contributed by atoms with van der Waals surface area (Å²) in [6.07, 6.45) is 4.84. The first-order valence-corrected chi connectivity index (χ1v) is 6.81. The van der Waals surface area contributed by atoms with Gasteiger partial charge in [0.05, 0.1) is 11.1 Å². The quantitative estimate of drug-likeness (QED) is 0.904. The van der Waals surface area contributed by atoms with E-state index in [1.807, 2.05) is 19.1 Å². The lowest BCUT2D eigenvalue weighted by Gasteiger charge is -2.09. The Morgan fingerprint density at radius 3 is 2.50 bits per heavy atom. The molecule has 0 heterocycles. The monoisotopic (exact) mass is 295 g/mol. The normalized spacial score (nSPS) is 10.6. The predicted octanol–water partition coefficient (Wildman–Crippen LogP) is 4.49. The van der Waals surface area contributed by atoms with Crippen molar-refractivity contribution in [2.45, 2.75) is 13.3 Å². The minimum absolute atomic E-state index is 0.0578. The summed E-state index contributed by atoms with van der Waals surface area (Å²) in [4.78, 5) is 11.3. The van der Waals surface area contributed by atoms with Gasteiger partial charge in [0.15, 0.2) is 0 Å². The Bertz CT molecular complexity index is 771. The molecular formula is C18H14FNO2. The van der Waals surface area contributed by atoms with Crippen LogP contribution in [0.5, 0.6) is 0 Å². The molecule has 0 saturated carbocycles. The number of carboxylic acids is 1. The Balaban J connectivity index is 2.58. The molecule has 0 bridgehead atoms. The zero-order valence-electron chi connectivity index (χ0n) is 12.0. The van der Waals surface area contributed by atoms with Crippen LogP contribution in [0.2, 0.25) is 0 Å². The summed E-state index contributed by atoms with van der Waals surface area (Å²) < 4.78 is 14.4. The van der Waals surface area contributed by atoms with E-state index in [4.69, 9.17) is 5.26 Å². The fraction of sp³-hybridized carbons (Fsp3) is 0.111. The number of nitrogens with zero attached hydrogens (tertiary/aromatic N) is 1. The number of rotatable bonds is 4. The van der Waals surface area contributed by atoms with Crippen LogP contribution in [0.25, 0.3) is 17.2 Å². The van der Waals surface area contributed by atoms with Crippen LogP contribution in [-0.4, -0.2) is 11.1 Å². The topological polar surface area (TPSA) is 61.1 Å². The van der Waals surface area contributed by atoms with Crippen molar-refractivity contribution in [3.05, 3.63) is 65.0 Å². The number of aromatic carboxylic acids is 1. The van der Waals surface area contributed by atoms with E-state index in [2.05, 4.69) is 0 Å². The van der Waals surface area contributed by atoms with E-state index in [1.165, 1.54) is 12.1 Å². The van der Waals surface area contributed by atoms with Gasteiger partial charge in [-0.3, -0.25) is 0 Å². The Morgan fingerprint density at radius 2 is 1.95 bits per heavy atom. The Morgan fingerprint density at radius 1 is 1.27 bits per heavy atom. The molecule has 2 rings (SSSR count). The molecule has 0 aliphatic rings. The Labute approximate surface area is 128 Å². The first-order valence-electron chi connectivity index (χ1n) is 6.81. The lowest BCUT2D eigenvalue weighted by molar-refractivity contribution is 0.0697.